The SMILES string of the molecule is CCOC(=O)Nc1cccc(C(=O)N2C[C@H](C(=O)NC)Oc3ccccc32)c1. The van der Waals surface area contributed by atoms with Crippen LogP contribution >= 0.6 is 0 Å². The van der Waals surface area contributed by atoms with Gasteiger partial charge in [0.05, 0.1) is 18.8 Å². The van der Waals surface area contributed by atoms with Gasteiger partial charge in [0.1, 0.15) is 5.75 Å². The summed E-state index contributed by atoms with van der Waals surface area (Å²) in [6.07, 6.45) is -1.41. The number of benzene rings is 2. The molecule has 0 radical (unpaired) electrons. The third-order valence-corrected chi connectivity index (χ3v) is 4.19. The number of anilines is 2. The third-order valence-electron chi connectivity index (χ3n) is 4.19. The van der Waals surface area contributed by atoms with Crippen molar-refractivity contribution < 1.29 is 23.9 Å². The Morgan fingerprint density at radius 2 is 1.96 bits per heavy atom. The molecule has 1 atom stereocenters. The van der Waals surface area contributed by atoms with E-state index >= 15 is 0 Å². The number of likely N-dealkylation sites (N-methyl/N-ethyl adjacent to an activating group) is 1. The van der Waals surface area contributed by atoms with Gasteiger partial charge in [0.25, 0.3) is 11.8 Å². The van der Waals surface area contributed by atoms with Crippen LogP contribution in [0.15, 0.2) is 48.5 Å². The van der Waals surface area contributed by atoms with Crippen LogP contribution in [0.4, 0.5) is 16.2 Å². The van der Waals surface area contributed by atoms with Crippen LogP contribution in [0.5, 0.6) is 5.75 Å². The highest BCUT2D eigenvalue weighted by molar-refractivity contribution is 6.08. The van der Waals surface area contributed by atoms with E-state index in [0.29, 0.717) is 22.7 Å². The van der Waals surface area contributed by atoms with E-state index in [0.717, 1.165) is 0 Å². The Morgan fingerprint density at radius 1 is 1.18 bits per heavy atom. The zero-order chi connectivity index (χ0) is 20.1. The van der Waals surface area contributed by atoms with Gasteiger partial charge in [-0.2, -0.15) is 0 Å². The smallest absolute Gasteiger partial charge is 0.411 e. The zero-order valence-corrected chi connectivity index (χ0v) is 15.6. The summed E-state index contributed by atoms with van der Waals surface area (Å²) in [6, 6.07) is 13.6. The van der Waals surface area contributed by atoms with Crippen molar-refractivity contribution in [1.29, 1.82) is 0 Å². The molecule has 2 N–H and O–H groups in total. The molecule has 146 valence electrons. The lowest BCUT2D eigenvalue weighted by molar-refractivity contribution is -0.127. The molecular weight excluding hydrogens is 362 g/mol. The van der Waals surface area contributed by atoms with Gasteiger partial charge < -0.3 is 19.7 Å². The lowest BCUT2D eigenvalue weighted by atomic mass is 10.1. The lowest BCUT2D eigenvalue weighted by Gasteiger charge is -2.34. The number of carbonyl (C=O) groups excluding carboxylic acids is 3. The summed E-state index contributed by atoms with van der Waals surface area (Å²) in [5, 5.41) is 5.12. The van der Waals surface area contributed by atoms with E-state index in [2.05, 4.69) is 10.6 Å². The molecule has 28 heavy (non-hydrogen) atoms. The molecule has 0 aromatic heterocycles. The standard InChI is InChI=1S/C20H21N3O5/c1-3-27-20(26)22-14-8-6-7-13(11-14)19(25)23-12-17(18(24)21-2)28-16-10-5-4-9-15(16)23/h4-11,17H,3,12H2,1-2H3,(H,21,24)(H,22,26)/t17-/m1/s1. The molecule has 0 unspecified atom stereocenters. The van der Waals surface area contributed by atoms with Crippen molar-refractivity contribution in [2.45, 2.75) is 13.0 Å². The van der Waals surface area contributed by atoms with Gasteiger partial charge in [0.2, 0.25) is 0 Å². The monoisotopic (exact) mass is 383 g/mol. The van der Waals surface area contributed by atoms with Crippen LogP contribution in [0.3, 0.4) is 0 Å². The number of rotatable bonds is 4. The van der Waals surface area contributed by atoms with Crippen molar-refractivity contribution in [3.8, 4) is 5.75 Å². The minimum atomic E-state index is -0.815. The fourth-order valence-corrected chi connectivity index (χ4v) is 2.90. The fourth-order valence-electron chi connectivity index (χ4n) is 2.90. The first kappa shape index (κ1) is 19.2. The van der Waals surface area contributed by atoms with E-state index in [4.69, 9.17) is 9.47 Å². The van der Waals surface area contributed by atoms with Gasteiger partial charge in [-0.25, -0.2) is 4.79 Å². The molecular formula is C20H21N3O5. The van der Waals surface area contributed by atoms with Gasteiger partial charge in [0.15, 0.2) is 6.10 Å². The summed E-state index contributed by atoms with van der Waals surface area (Å²) in [5.74, 6) is -0.168. The van der Waals surface area contributed by atoms with E-state index in [1.807, 2.05) is 0 Å². The Balaban J connectivity index is 1.88. The molecule has 0 saturated heterocycles. The molecule has 1 aliphatic rings. The summed E-state index contributed by atoms with van der Waals surface area (Å²) in [5.41, 5.74) is 1.38. The quantitative estimate of drug-likeness (QED) is 0.845. The van der Waals surface area contributed by atoms with Crippen LogP contribution in [-0.2, 0) is 9.53 Å². The Kier molecular flexibility index (Phi) is 5.78. The van der Waals surface area contributed by atoms with Gasteiger partial charge in [-0.15, -0.1) is 0 Å². The first-order valence-corrected chi connectivity index (χ1v) is 8.86. The number of nitrogens with one attached hydrogen (secondary N) is 2. The number of ether oxygens (including phenoxy) is 2. The summed E-state index contributed by atoms with van der Waals surface area (Å²) in [7, 11) is 1.52. The van der Waals surface area contributed by atoms with Crippen molar-refractivity contribution in [3.05, 3.63) is 54.1 Å². The Hall–Kier alpha value is -3.55. The lowest BCUT2D eigenvalue weighted by Crippen LogP contribution is -2.50. The maximum Gasteiger partial charge on any atom is 0.411 e. The van der Waals surface area contributed by atoms with E-state index in [9.17, 15) is 14.4 Å². The predicted molar refractivity (Wildman–Crippen MR) is 104 cm³/mol. The number of hydrogen-bond acceptors (Lipinski definition) is 5. The summed E-state index contributed by atoms with van der Waals surface area (Å²) >= 11 is 0. The highest BCUT2D eigenvalue weighted by Crippen LogP contribution is 2.34. The third kappa shape index (κ3) is 4.06. The average molecular weight is 383 g/mol. The van der Waals surface area contributed by atoms with Gasteiger partial charge in [0, 0.05) is 18.3 Å². The minimum Gasteiger partial charge on any atom is -0.477 e. The Labute approximate surface area is 162 Å². The van der Waals surface area contributed by atoms with Crippen molar-refractivity contribution in [1.82, 2.24) is 5.32 Å². The van der Waals surface area contributed by atoms with E-state index in [1.54, 1.807) is 55.5 Å². The summed E-state index contributed by atoms with van der Waals surface area (Å²) < 4.78 is 10.6. The number of para-hydroxylation sites is 2. The molecule has 1 aliphatic heterocycles. The average Bonchev–Trinajstić information content (AvgIpc) is 2.72. The van der Waals surface area contributed by atoms with Crippen LogP contribution in [0, 0.1) is 0 Å². The maximum atomic E-state index is 13.2. The zero-order valence-electron chi connectivity index (χ0n) is 15.6. The first-order valence-electron chi connectivity index (χ1n) is 8.86. The highest BCUT2D eigenvalue weighted by Gasteiger charge is 2.33. The van der Waals surface area contributed by atoms with Gasteiger partial charge in [-0.3, -0.25) is 14.9 Å². The molecule has 0 saturated carbocycles. The Bertz CT molecular complexity index is 899. The normalized spacial score (nSPS) is 15.1. The molecule has 8 heteroatoms. The number of fused-ring (bicyclic) bond motifs is 1. The molecule has 1 heterocycles. The topological polar surface area (TPSA) is 97.0 Å². The molecule has 3 amide bonds. The van der Waals surface area contributed by atoms with Crippen LogP contribution in [-0.4, -0.2) is 44.2 Å². The molecule has 2 aromatic carbocycles. The van der Waals surface area contributed by atoms with Gasteiger partial charge in [-0.1, -0.05) is 18.2 Å². The van der Waals surface area contributed by atoms with Crippen LogP contribution < -0.4 is 20.3 Å². The first-order chi connectivity index (χ1) is 13.5. The van der Waals surface area contributed by atoms with Crippen molar-refractivity contribution in [3.63, 3.8) is 0 Å². The van der Waals surface area contributed by atoms with E-state index in [1.165, 1.54) is 11.9 Å². The second-order valence-corrected chi connectivity index (χ2v) is 6.03. The van der Waals surface area contributed by atoms with E-state index < -0.39 is 12.2 Å². The predicted octanol–water partition coefficient (Wildman–Crippen LogP) is 2.41. The van der Waals surface area contributed by atoms with Crippen molar-refractivity contribution in [2.24, 2.45) is 0 Å². The molecule has 0 bridgehead atoms. The van der Waals surface area contributed by atoms with Gasteiger partial charge in [-0.05, 0) is 37.3 Å². The van der Waals surface area contributed by atoms with Crippen LogP contribution in [0.2, 0.25) is 0 Å². The van der Waals surface area contributed by atoms with Crippen molar-refractivity contribution in [2.75, 3.05) is 30.4 Å². The molecule has 0 spiro atoms. The molecule has 2 aromatic rings. The molecule has 0 fully saturated rings. The van der Waals surface area contributed by atoms with E-state index in [-0.39, 0.29) is 25.0 Å². The molecule has 8 nitrogen and oxygen atoms in total. The summed E-state index contributed by atoms with van der Waals surface area (Å²) in [4.78, 5) is 38.4. The highest BCUT2D eigenvalue weighted by atomic mass is 16.5. The Morgan fingerprint density at radius 3 is 2.71 bits per heavy atom. The summed E-state index contributed by atoms with van der Waals surface area (Å²) in [6.45, 7) is 2.03. The number of amides is 3. The fraction of sp³-hybridized carbons (Fsp3) is 0.250. The van der Waals surface area contributed by atoms with Gasteiger partial charge >= 0.3 is 6.09 Å². The minimum absolute atomic E-state index is 0.0745. The number of nitrogens with zero attached hydrogens (tertiary/aromatic N) is 1. The largest absolute Gasteiger partial charge is 0.477 e. The van der Waals surface area contributed by atoms with Crippen LogP contribution in [0.25, 0.3) is 0 Å². The molecule has 3 rings (SSSR count). The second kappa shape index (κ2) is 8.43. The number of hydrogen-bond donors (Lipinski definition) is 2. The number of carbonyl (C=O) groups is 3. The second-order valence-electron chi connectivity index (χ2n) is 6.03. The molecule has 0 aliphatic carbocycles. The van der Waals surface area contributed by atoms with Crippen LogP contribution in [0.1, 0.15) is 17.3 Å². The maximum absolute atomic E-state index is 13.2. The van der Waals surface area contributed by atoms with Crippen molar-refractivity contribution >= 4 is 29.3 Å².